The molecule has 2 aromatic rings. The Labute approximate surface area is 62.2 Å². The van der Waals surface area contributed by atoms with E-state index in [-0.39, 0.29) is 1.43 Å². The third-order valence-corrected chi connectivity index (χ3v) is 1.99. The van der Waals surface area contributed by atoms with E-state index in [1.165, 1.54) is 0 Å². The molecule has 0 aliphatic rings. The van der Waals surface area contributed by atoms with Crippen molar-refractivity contribution in [3.8, 4) is 0 Å². The van der Waals surface area contributed by atoms with Crippen LogP contribution in [0.1, 0.15) is 12.0 Å². The Balaban J connectivity index is 0.000000605. The van der Waals surface area contributed by atoms with Crippen molar-refractivity contribution in [3.63, 3.8) is 0 Å². The molecule has 2 rings (SSSR count). The van der Waals surface area contributed by atoms with Gasteiger partial charge in [-0.05, 0) is 0 Å². The number of nitrogens with zero attached hydrogens (tertiary/aromatic N) is 1. The molecule has 0 bridgehead atoms. The molecule has 0 unspecified atom stereocenters. The van der Waals surface area contributed by atoms with Crippen LogP contribution in [0.4, 0.5) is 0 Å². The highest BCUT2D eigenvalue weighted by Gasteiger charge is 1.99. The number of nitrogens with one attached hydrogen (secondary N) is 1. The molecule has 2 aromatic heterocycles. The molecule has 10 heavy (non-hydrogen) atoms. The number of H-pyrrole nitrogens is 1. The minimum Gasteiger partial charge on any atom is -0.335 e. The number of carbonyl (C=O) groups is 1. The van der Waals surface area contributed by atoms with Gasteiger partial charge in [-0.3, -0.25) is 4.79 Å². The first-order chi connectivity index (χ1) is 4.90. The second-order valence-electron chi connectivity index (χ2n) is 1.91. The van der Waals surface area contributed by atoms with Crippen LogP contribution in [0.15, 0.2) is 10.8 Å². The lowest BCUT2D eigenvalue weighted by molar-refractivity contribution is 0.111. The fourth-order valence-electron chi connectivity index (χ4n) is 0.822. The fraction of sp³-hybridized carbons (Fsp3) is 0. The molecule has 3 nitrogen and oxygen atoms in total. The molecular formula is C6H5N2OS+. The summed E-state index contributed by atoms with van der Waals surface area (Å²) in [4.78, 5) is 17.0. The number of fused-ring (bicyclic) bond motifs is 1. The van der Waals surface area contributed by atoms with Crippen LogP contribution in [0.25, 0.3) is 11.0 Å². The predicted octanol–water partition coefficient (Wildman–Crippen LogP) is 1.55. The Morgan fingerprint density at radius 3 is 3.30 bits per heavy atom. The first kappa shape index (κ1) is 5.61. The van der Waals surface area contributed by atoms with Gasteiger partial charge in [0, 0.05) is 10.8 Å². The lowest BCUT2D eigenvalue weighted by atomic mass is 10.5. The second-order valence-corrected chi connectivity index (χ2v) is 2.65. The molecule has 0 atom stereocenters. The molecule has 2 heterocycles. The molecule has 0 saturated heterocycles. The van der Waals surface area contributed by atoms with E-state index in [1.54, 1.807) is 11.3 Å². The van der Waals surface area contributed by atoms with Crippen LogP contribution < -0.4 is 0 Å². The van der Waals surface area contributed by atoms with Crippen molar-refractivity contribution >= 4 is 28.7 Å². The summed E-state index contributed by atoms with van der Waals surface area (Å²) in [6.07, 6.45) is 0.713. The van der Waals surface area contributed by atoms with E-state index < -0.39 is 0 Å². The Morgan fingerprint density at radius 2 is 2.60 bits per heavy atom. The summed E-state index contributed by atoms with van der Waals surface area (Å²) < 4.78 is 0. The SMILES string of the molecule is O=Cc1nc2cscc2[nH]1.[H+]. The molecule has 1 N–H and O–H groups in total. The number of hydrogen-bond acceptors (Lipinski definition) is 3. The van der Waals surface area contributed by atoms with Crippen molar-refractivity contribution in [1.82, 2.24) is 9.97 Å². The van der Waals surface area contributed by atoms with Crippen molar-refractivity contribution in [2.24, 2.45) is 0 Å². The highest BCUT2D eigenvalue weighted by atomic mass is 32.1. The zero-order valence-corrected chi connectivity index (χ0v) is 5.81. The van der Waals surface area contributed by atoms with Crippen LogP contribution in [0.3, 0.4) is 0 Å². The van der Waals surface area contributed by atoms with E-state index in [0.717, 1.165) is 11.0 Å². The third-order valence-electron chi connectivity index (χ3n) is 1.26. The first-order valence-electron chi connectivity index (χ1n) is 2.77. The lowest BCUT2D eigenvalue weighted by Gasteiger charge is -1.72. The maximum atomic E-state index is 10.2. The summed E-state index contributed by atoms with van der Waals surface area (Å²) in [6, 6.07) is 0. The molecule has 0 saturated carbocycles. The average molecular weight is 153 g/mol. The largest absolute Gasteiger partial charge is 1.00 e. The van der Waals surface area contributed by atoms with Gasteiger partial charge >= 0.3 is 1.43 Å². The minimum atomic E-state index is 0. The molecule has 0 aliphatic heterocycles. The van der Waals surface area contributed by atoms with Gasteiger partial charge in [0.15, 0.2) is 12.1 Å². The molecule has 0 fully saturated rings. The highest BCUT2D eigenvalue weighted by Crippen LogP contribution is 2.14. The maximum absolute atomic E-state index is 10.2. The quantitative estimate of drug-likeness (QED) is 0.632. The Hall–Kier alpha value is -1.16. The standard InChI is InChI=1S/C6H4N2OS/c9-1-6-7-4-2-10-3-5(4)8-6/h1-3H,(H,7,8)/p+1. The number of thiophene rings is 1. The number of aromatic amines is 1. The van der Waals surface area contributed by atoms with Gasteiger partial charge in [-0.15, -0.1) is 11.3 Å². The number of rotatable bonds is 1. The number of aldehydes is 1. The Kier molecular flexibility index (Phi) is 1.07. The van der Waals surface area contributed by atoms with Gasteiger partial charge in [-0.25, -0.2) is 4.98 Å². The van der Waals surface area contributed by atoms with Crippen molar-refractivity contribution in [1.29, 1.82) is 0 Å². The number of aromatic nitrogens is 2. The van der Waals surface area contributed by atoms with Gasteiger partial charge in [0.2, 0.25) is 0 Å². The van der Waals surface area contributed by atoms with Crippen LogP contribution in [0.2, 0.25) is 0 Å². The average Bonchev–Trinajstić information content (AvgIpc) is 2.42. The van der Waals surface area contributed by atoms with Crippen LogP contribution >= 0.6 is 11.3 Å². The molecule has 4 heteroatoms. The molecule has 0 aromatic carbocycles. The van der Waals surface area contributed by atoms with Gasteiger partial charge in [0.25, 0.3) is 0 Å². The molecule has 0 aliphatic carbocycles. The summed E-state index contributed by atoms with van der Waals surface area (Å²) in [6.45, 7) is 0. The summed E-state index contributed by atoms with van der Waals surface area (Å²) in [7, 11) is 0. The molecule has 0 radical (unpaired) electrons. The van der Waals surface area contributed by atoms with E-state index in [1.807, 2.05) is 10.8 Å². The zero-order chi connectivity index (χ0) is 6.97. The Bertz CT molecular complexity index is 339. The van der Waals surface area contributed by atoms with Crippen molar-refractivity contribution in [2.45, 2.75) is 0 Å². The van der Waals surface area contributed by atoms with Crippen LogP contribution in [0.5, 0.6) is 0 Å². The number of imidazole rings is 1. The molecule has 0 spiro atoms. The van der Waals surface area contributed by atoms with E-state index >= 15 is 0 Å². The summed E-state index contributed by atoms with van der Waals surface area (Å²) in [5, 5.41) is 3.83. The van der Waals surface area contributed by atoms with Crippen LogP contribution in [-0.4, -0.2) is 16.3 Å². The normalized spacial score (nSPS) is 10.4. The third kappa shape index (κ3) is 0.657. The van der Waals surface area contributed by atoms with Crippen molar-refractivity contribution in [3.05, 3.63) is 16.6 Å². The van der Waals surface area contributed by atoms with E-state index in [0.29, 0.717) is 12.1 Å². The van der Waals surface area contributed by atoms with Crippen LogP contribution in [0, 0.1) is 0 Å². The Morgan fingerprint density at radius 1 is 1.70 bits per heavy atom. The van der Waals surface area contributed by atoms with Crippen LogP contribution in [-0.2, 0) is 0 Å². The van der Waals surface area contributed by atoms with Gasteiger partial charge in [0.05, 0.1) is 11.0 Å². The second kappa shape index (κ2) is 1.91. The summed E-state index contributed by atoms with van der Waals surface area (Å²) in [5.74, 6) is 0.401. The zero-order valence-electron chi connectivity index (χ0n) is 6.00. The smallest absolute Gasteiger partial charge is 0.335 e. The van der Waals surface area contributed by atoms with Gasteiger partial charge < -0.3 is 4.98 Å². The maximum Gasteiger partial charge on any atom is 1.00 e. The van der Waals surface area contributed by atoms with Crippen molar-refractivity contribution < 1.29 is 6.22 Å². The fourth-order valence-corrected chi connectivity index (χ4v) is 1.51. The number of carbonyl (C=O) groups excluding carboxylic acids is 1. The van der Waals surface area contributed by atoms with E-state index in [2.05, 4.69) is 9.97 Å². The number of hydrogen-bond donors (Lipinski definition) is 1. The monoisotopic (exact) mass is 153 g/mol. The molecule has 0 amide bonds. The van der Waals surface area contributed by atoms with Gasteiger partial charge in [-0.2, -0.15) is 0 Å². The van der Waals surface area contributed by atoms with Gasteiger partial charge in [-0.1, -0.05) is 0 Å². The highest BCUT2D eigenvalue weighted by molar-refractivity contribution is 7.09. The van der Waals surface area contributed by atoms with E-state index in [4.69, 9.17) is 0 Å². The first-order valence-corrected chi connectivity index (χ1v) is 3.71. The predicted molar refractivity (Wildman–Crippen MR) is 40.5 cm³/mol. The molecular weight excluding hydrogens is 148 g/mol. The van der Waals surface area contributed by atoms with E-state index in [9.17, 15) is 4.79 Å². The lowest BCUT2D eigenvalue weighted by Crippen LogP contribution is -1.79. The minimum absolute atomic E-state index is 0. The topological polar surface area (TPSA) is 45.8 Å². The summed E-state index contributed by atoms with van der Waals surface area (Å²) >= 11 is 1.57. The molecule has 50 valence electrons. The van der Waals surface area contributed by atoms with Gasteiger partial charge in [0.1, 0.15) is 0 Å². The summed E-state index contributed by atoms with van der Waals surface area (Å²) in [5.41, 5.74) is 1.80. The van der Waals surface area contributed by atoms with Crippen molar-refractivity contribution in [2.75, 3.05) is 0 Å².